The fraction of sp³-hybridized carbons (Fsp3) is 0.409. The van der Waals surface area contributed by atoms with Gasteiger partial charge in [0.1, 0.15) is 13.2 Å². The van der Waals surface area contributed by atoms with Crippen LogP contribution in [0.5, 0.6) is 11.5 Å². The summed E-state index contributed by atoms with van der Waals surface area (Å²) < 4.78 is 11.1. The third-order valence-electron chi connectivity index (χ3n) is 4.66. The lowest BCUT2D eigenvalue weighted by molar-refractivity contribution is -0.121. The first-order valence-electron chi connectivity index (χ1n) is 9.53. The van der Waals surface area contributed by atoms with Crippen LogP contribution < -0.4 is 19.7 Å². The average Bonchev–Trinajstić information content (AvgIpc) is 2.68. The lowest BCUT2D eigenvalue weighted by Gasteiger charge is -2.18. The molecule has 1 aliphatic rings. The minimum Gasteiger partial charge on any atom is -0.486 e. The largest absolute Gasteiger partial charge is 0.486 e. The smallest absolute Gasteiger partial charge is 0.220 e. The highest BCUT2D eigenvalue weighted by atomic mass is 16.6. The van der Waals surface area contributed by atoms with E-state index in [2.05, 4.69) is 34.5 Å². The first kappa shape index (κ1) is 19.1. The molecular formula is C22H28N2O3. The number of hydrogen-bond donors (Lipinski definition) is 1. The van der Waals surface area contributed by atoms with E-state index in [1.165, 1.54) is 16.8 Å². The van der Waals surface area contributed by atoms with Gasteiger partial charge < -0.3 is 19.7 Å². The van der Waals surface area contributed by atoms with E-state index in [-0.39, 0.29) is 5.91 Å². The monoisotopic (exact) mass is 368 g/mol. The second kappa shape index (κ2) is 9.31. The van der Waals surface area contributed by atoms with Gasteiger partial charge >= 0.3 is 0 Å². The van der Waals surface area contributed by atoms with Crippen LogP contribution in [0.25, 0.3) is 0 Å². The molecule has 0 saturated heterocycles. The molecule has 5 heteroatoms. The van der Waals surface area contributed by atoms with Crippen molar-refractivity contribution in [2.45, 2.75) is 25.7 Å². The zero-order valence-corrected chi connectivity index (χ0v) is 16.2. The van der Waals surface area contributed by atoms with E-state index < -0.39 is 0 Å². The maximum atomic E-state index is 12.0. The Labute approximate surface area is 161 Å². The summed E-state index contributed by atoms with van der Waals surface area (Å²) in [5, 5.41) is 3.01. The van der Waals surface area contributed by atoms with Crippen molar-refractivity contribution < 1.29 is 14.3 Å². The number of anilines is 1. The van der Waals surface area contributed by atoms with Crippen LogP contribution >= 0.6 is 0 Å². The predicted molar refractivity (Wildman–Crippen MR) is 108 cm³/mol. The molecule has 0 spiro atoms. The van der Waals surface area contributed by atoms with E-state index in [9.17, 15) is 4.79 Å². The molecule has 1 heterocycles. The minimum atomic E-state index is 0.109. The molecule has 0 atom stereocenters. The lowest BCUT2D eigenvalue weighted by Crippen LogP contribution is -2.25. The van der Waals surface area contributed by atoms with Crippen molar-refractivity contribution in [1.29, 1.82) is 0 Å². The number of fused-ring (bicyclic) bond motifs is 1. The van der Waals surface area contributed by atoms with Gasteiger partial charge in [0.2, 0.25) is 5.91 Å². The predicted octanol–water partition coefficient (Wildman–Crippen LogP) is 3.21. The molecule has 27 heavy (non-hydrogen) atoms. The highest BCUT2D eigenvalue weighted by Crippen LogP contribution is 2.31. The van der Waals surface area contributed by atoms with Gasteiger partial charge in [0.05, 0.1) is 0 Å². The standard InChI is InChI=1S/C22H28N2O3/c1-24(2)19-9-6-17(7-10-19)12-13-23-22(25)5-3-4-18-8-11-20-21(16-18)27-15-14-26-20/h6-11,16H,3-5,12-15H2,1-2H3,(H,23,25). The summed E-state index contributed by atoms with van der Waals surface area (Å²) in [5.74, 6) is 1.72. The van der Waals surface area contributed by atoms with Crippen LogP contribution in [0.3, 0.4) is 0 Å². The molecule has 144 valence electrons. The van der Waals surface area contributed by atoms with Crippen molar-refractivity contribution in [3.8, 4) is 11.5 Å². The maximum Gasteiger partial charge on any atom is 0.220 e. The number of carbonyl (C=O) groups excluding carboxylic acids is 1. The Morgan fingerprint density at radius 3 is 2.41 bits per heavy atom. The Hall–Kier alpha value is -2.69. The second-order valence-corrected chi connectivity index (χ2v) is 6.99. The van der Waals surface area contributed by atoms with E-state index in [1.807, 2.05) is 32.3 Å². The van der Waals surface area contributed by atoms with E-state index in [0.717, 1.165) is 30.8 Å². The van der Waals surface area contributed by atoms with Crippen molar-refractivity contribution in [1.82, 2.24) is 5.32 Å². The maximum absolute atomic E-state index is 12.0. The molecule has 0 bridgehead atoms. The summed E-state index contributed by atoms with van der Waals surface area (Å²) in [6, 6.07) is 14.4. The zero-order valence-electron chi connectivity index (χ0n) is 16.2. The van der Waals surface area contributed by atoms with Gasteiger partial charge in [0.25, 0.3) is 0 Å². The van der Waals surface area contributed by atoms with Crippen LogP contribution in [-0.2, 0) is 17.6 Å². The molecule has 2 aromatic carbocycles. The molecule has 3 rings (SSSR count). The van der Waals surface area contributed by atoms with Crippen LogP contribution in [0.1, 0.15) is 24.0 Å². The molecule has 1 N–H and O–H groups in total. The number of amides is 1. The van der Waals surface area contributed by atoms with Crippen LogP contribution in [0.4, 0.5) is 5.69 Å². The van der Waals surface area contributed by atoms with Gasteiger partial charge in [-0.05, 0) is 54.7 Å². The van der Waals surface area contributed by atoms with Gasteiger partial charge in [-0.2, -0.15) is 0 Å². The van der Waals surface area contributed by atoms with Gasteiger partial charge in [-0.1, -0.05) is 18.2 Å². The van der Waals surface area contributed by atoms with Crippen LogP contribution in [0, 0.1) is 0 Å². The Kier molecular flexibility index (Phi) is 6.58. The van der Waals surface area contributed by atoms with Gasteiger partial charge in [-0.15, -0.1) is 0 Å². The van der Waals surface area contributed by atoms with Crippen LogP contribution in [0.15, 0.2) is 42.5 Å². The molecule has 0 aliphatic carbocycles. The molecule has 0 unspecified atom stereocenters. The number of nitrogens with zero attached hydrogens (tertiary/aromatic N) is 1. The summed E-state index contributed by atoms with van der Waals surface area (Å²) >= 11 is 0. The SMILES string of the molecule is CN(C)c1ccc(CCNC(=O)CCCc2ccc3c(c2)OCCO3)cc1. The number of carbonyl (C=O) groups is 1. The number of hydrogen-bond acceptors (Lipinski definition) is 4. The summed E-state index contributed by atoms with van der Waals surface area (Å²) in [7, 11) is 4.06. The van der Waals surface area contributed by atoms with Gasteiger partial charge in [-0.3, -0.25) is 4.79 Å². The second-order valence-electron chi connectivity index (χ2n) is 6.99. The van der Waals surface area contributed by atoms with Gasteiger partial charge in [0, 0.05) is 32.7 Å². The number of nitrogens with one attached hydrogen (secondary N) is 1. The minimum absolute atomic E-state index is 0.109. The van der Waals surface area contributed by atoms with E-state index in [4.69, 9.17) is 9.47 Å². The molecule has 0 radical (unpaired) electrons. The quantitative estimate of drug-likeness (QED) is 0.777. The van der Waals surface area contributed by atoms with Gasteiger partial charge in [0.15, 0.2) is 11.5 Å². The van der Waals surface area contributed by atoms with Crippen molar-refractivity contribution in [2.75, 3.05) is 38.8 Å². The fourth-order valence-electron chi connectivity index (χ4n) is 3.09. The van der Waals surface area contributed by atoms with Crippen molar-refractivity contribution in [2.24, 2.45) is 0 Å². The van der Waals surface area contributed by atoms with E-state index >= 15 is 0 Å². The topological polar surface area (TPSA) is 50.8 Å². The third kappa shape index (κ3) is 5.64. The Balaban J connectivity index is 1.35. The van der Waals surface area contributed by atoms with E-state index in [1.54, 1.807) is 0 Å². The lowest BCUT2D eigenvalue weighted by atomic mass is 10.1. The Morgan fingerprint density at radius 2 is 1.67 bits per heavy atom. The summed E-state index contributed by atoms with van der Waals surface area (Å²) in [6.07, 6.45) is 3.06. The van der Waals surface area contributed by atoms with E-state index in [0.29, 0.717) is 26.2 Å². The molecule has 5 nitrogen and oxygen atoms in total. The molecule has 1 amide bonds. The molecule has 1 aliphatic heterocycles. The van der Waals surface area contributed by atoms with Crippen molar-refractivity contribution >= 4 is 11.6 Å². The summed E-state index contributed by atoms with van der Waals surface area (Å²) in [4.78, 5) is 14.1. The summed E-state index contributed by atoms with van der Waals surface area (Å²) in [6.45, 7) is 1.87. The Bertz CT molecular complexity index is 757. The van der Waals surface area contributed by atoms with Crippen molar-refractivity contribution in [3.63, 3.8) is 0 Å². The van der Waals surface area contributed by atoms with Crippen molar-refractivity contribution in [3.05, 3.63) is 53.6 Å². The highest BCUT2D eigenvalue weighted by molar-refractivity contribution is 5.75. The van der Waals surface area contributed by atoms with Crippen LogP contribution in [0.2, 0.25) is 0 Å². The fourth-order valence-corrected chi connectivity index (χ4v) is 3.09. The van der Waals surface area contributed by atoms with Crippen LogP contribution in [-0.4, -0.2) is 39.8 Å². The number of ether oxygens (including phenoxy) is 2. The third-order valence-corrected chi connectivity index (χ3v) is 4.66. The highest BCUT2D eigenvalue weighted by Gasteiger charge is 2.11. The number of rotatable bonds is 8. The molecule has 0 saturated carbocycles. The first-order valence-corrected chi connectivity index (χ1v) is 9.53. The Morgan fingerprint density at radius 1 is 0.963 bits per heavy atom. The molecule has 2 aromatic rings. The molecule has 0 aromatic heterocycles. The normalized spacial score (nSPS) is 12.5. The average molecular weight is 368 g/mol. The zero-order chi connectivity index (χ0) is 19.1. The summed E-state index contributed by atoms with van der Waals surface area (Å²) in [5.41, 5.74) is 3.59. The number of benzene rings is 2. The van der Waals surface area contributed by atoms with Gasteiger partial charge in [-0.25, -0.2) is 0 Å². The number of aryl methyl sites for hydroxylation is 1. The molecule has 0 fully saturated rings. The molecular weight excluding hydrogens is 340 g/mol. The first-order chi connectivity index (χ1) is 13.1.